The number of halogens is 1. The van der Waals surface area contributed by atoms with Gasteiger partial charge in [0.25, 0.3) is 0 Å². The second kappa shape index (κ2) is 7.41. The number of ether oxygens (including phenoxy) is 1. The number of piperidine rings is 1. The van der Waals surface area contributed by atoms with E-state index in [2.05, 4.69) is 29.4 Å². The molecule has 0 saturated carbocycles. The lowest BCUT2D eigenvalue weighted by molar-refractivity contribution is 0.0269. The van der Waals surface area contributed by atoms with Crippen LogP contribution < -0.4 is 5.32 Å². The van der Waals surface area contributed by atoms with Gasteiger partial charge in [-0.2, -0.15) is 0 Å². The summed E-state index contributed by atoms with van der Waals surface area (Å²) in [5.41, 5.74) is 1.60. The molecule has 20 heavy (non-hydrogen) atoms. The lowest BCUT2D eigenvalue weighted by atomic mass is 9.79. The van der Waals surface area contributed by atoms with Crippen LogP contribution in [0.25, 0.3) is 0 Å². The summed E-state index contributed by atoms with van der Waals surface area (Å²) in [4.78, 5) is 2.40. The van der Waals surface area contributed by atoms with Crippen molar-refractivity contribution in [3.05, 3.63) is 34.9 Å². The van der Waals surface area contributed by atoms with Crippen molar-refractivity contribution in [2.45, 2.75) is 19.4 Å². The average Bonchev–Trinajstić information content (AvgIpc) is 2.42. The minimum absolute atomic E-state index is 0.293. The Kier molecular flexibility index (Phi) is 5.85. The Labute approximate surface area is 127 Å². The SMILES string of the molecule is COCC1(CN(C)Cc2ccc(Cl)cc2)CCNCC1. The maximum atomic E-state index is 5.93. The number of hydrogen-bond donors (Lipinski definition) is 1. The molecular formula is C16H25ClN2O. The Morgan fingerprint density at radius 1 is 1.25 bits per heavy atom. The predicted molar refractivity (Wildman–Crippen MR) is 84.2 cm³/mol. The number of rotatable bonds is 6. The number of nitrogens with zero attached hydrogens (tertiary/aromatic N) is 1. The molecule has 4 heteroatoms. The zero-order valence-electron chi connectivity index (χ0n) is 12.5. The molecule has 0 aromatic heterocycles. The summed E-state index contributed by atoms with van der Waals surface area (Å²) in [7, 11) is 4.00. The van der Waals surface area contributed by atoms with Crippen LogP contribution >= 0.6 is 11.6 Å². The minimum atomic E-state index is 0.293. The molecule has 1 N–H and O–H groups in total. The molecule has 1 saturated heterocycles. The van der Waals surface area contributed by atoms with Crippen molar-refractivity contribution >= 4 is 11.6 Å². The quantitative estimate of drug-likeness (QED) is 0.874. The molecule has 0 aliphatic carbocycles. The number of methoxy groups -OCH3 is 1. The third kappa shape index (κ3) is 4.45. The summed E-state index contributed by atoms with van der Waals surface area (Å²) in [5, 5.41) is 4.24. The van der Waals surface area contributed by atoms with Gasteiger partial charge in [-0.25, -0.2) is 0 Å². The second-order valence-electron chi connectivity index (χ2n) is 5.98. The topological polar surface area (TPSA) is 24.5 Å². The number of benzene rings is 1. The lowest BCUT2D eigenvalue weighted by Gasteiger charge is -2.40. The van der Waals surface area contributed by atoms with E-state index >= 15 is 0 Å². The van der Waals surface area contributed by atoms with Crippen LogP contribution in [0.2, 0.25) is 5.02 Å². The molecule has 1 aliphatic rings. The van der Waals surface area contributed by atoms with Gasteiger partial charge in [-0.1, -0.05) is 23.7 Å². The molecule has 0 bridgehead atoms. The van der Waals surface area contributed by atoms with Gasteiger partial charge in [-0.05, 0) is 50.7 Å². The van der Waals surface area contributed by atoms with E-state index in [1.165, 1.54) is 18.4 Å². The van der Waals surface area contributed by atoms with Crippen molar-refractivity contribution in [1.82, 2.24) is 10.2 Å². The first-order valence-electron chi connectivity index (χ1n) is 7.26. The Hall–Kier alpha value is -0.610. The zero-order chi connectivity index (χ0) is 14.4. The highest BCUT2D eigenvalue weighted by Crippen LogP contribution is 2.30. The monoisotopic (exact) mass is 296 g/mol. The van der Waals surface area contributed by atoms with Crippen molar-refractivity contribution < 1.29 is 4.74 Å². The van der Waals surface area contributed by atoms with Gasteiger partial charge in [-0.15, -0.1) is 0 Å². The summed E-state index contributed by atoms with van der Waals surface area (Å²) >= 11 is 5.93. The molecule has 0 amide bonds. The smallest absolute Gasteiger partial charge is 0.0531 e. The summed E-state index contributed by atoms with van der Waals surface area (Å²) in [5.74, 6) is 0. The third-order valence-corrected chi connectivity index (χ3v) is 4.34. The van der Waals surface area contributed by atoms with Gasteiger partial charge in [0, 0.05) is 30.6 Å². The maximum absolute atomic E-state index is 5.93. The second-order valence-corrected chi connectivity index (χ2v) is 6.42. The van der Waals surface area contributed by atoms with Gasteiger partial charge in [0.1, 0.15) is 0 Å². The normalized spacial score (nSPS) is 18.4. The molecule has 1 heterocycles. The van der Waals surface area contributed by atoms with Gasteiger partial charge in [0.2, 0.25) is 0 Å². The predicted octanol–water partition coefficient (Wildman–Crippen LogP) is 2.79. The fraction of sp³-hybridized carbons (Fsp3) is 0.625. The standard InChI is InChI=1S/C16H25ClN2O/c1-19(11-14-3-5-15(17)6-4-14)12-16(13-20-2)7-9-18-10-8-16/h3-6,18H,7-13H2,1-2H3. The van der Waals surface area contributed by atoms with E-state index in [0.29, 0.717) is 5.41 Å². The molecule has 0 spiro atoms. The molecule has 3 nitrogen and oxygen atoms in total. The van der Waals surface area contributed by atoms with E-state index in [1.807, 2.05) is 19.2 Å². The van der Waals surface area contributed by atoms with Gasteiger partial charge in [0.05, 0.1) is 6.61 Å². The van der Waals surface area contributed by atoms with Crippen LogP contribution in [0, 0.1) is 5.41 Å². The highest BCUT2D eigenvalue weighted by Gasteiger charge is 2.33. The van der Waals surface area contributed by atoms with E-state index in [4.69, 9.17) is 16.3 Å². The fourth-order valence-corrected chi connectivity index (χ4v) is 3.27. The average molecular weight is 297 g/mol. The first-order chi connectivity index (χ1) is 9.63. The molecule has 1 aromatic rings. The Bertz CT molecular complexity index is 396. The zero-order valence-corrected chi connectivity index (χ0v) is 13.2. The van der Waals surface area contributed by atoms with Crippen LogP contribution in [0.1, 0.15) is 18.4 Å². The van der Waals surface area contributed by atoms with E-state index in [1.54, 1.807) is 0 Å². The van der Waals surface area contributed by atoms with E-state index in [0.717, 1.165) is 37.8 Å². The summed E-state index contributed by atoms with van der Waals surface area (Å²) in [6.07, 6.45) is 2.37. The fourth-order valence-electron chi connectivity index (χ4n) is 3.14. The molecule has 2 rings (SSSR count). The van der Waals surface area contributed by atoms with Crippen LogP contribution in [0.4, 0.5) is 0 Å². The van der Waals surface area contributed by atoms with E-state index < -0.39 is 0 Å². The van der Waals surface area contributed by atoms with Crippen LogP contribution in [0.3, 0.4) is 0 Å². The minimum Gasteiger partial charge on any atom is -0.384 e. The van der Waals surface area contributed by atoms with E-state index in [-0.39, 0.29) is 0 Å². The van der Waals surface area contributed by atoms with Crippen molar-refractivity contribution in [2.75, 3.05) is 40.4 Å². The van der Waals surface area contributed by atoms with Crippen LogP contribution in [0.5, 0.6) is 0 Å². The Balaban J connectivity index is 1.93. The first kappa shape index (κ1) is 15.8. The van der Waals surface area contributed by atoms with Gasteiger partial charge in [0.15, 0.2) is 0 Å². The first-order valence-corrected chi connectivity index (χ1v) is 7.64. The molecule has 1 aliphatic heterocycles. The van der Waals surface area contributed by atoms with Crippen LogP contribution in [0.15, 0.2) is 24.3 Å². The van der Waals surface area contributed by atoms with Crippen molar-refractivity contribution in [2.24, 2.45) is 5.41 Å². The maximum Gasteiger partial charge on any atom is 0.0531 e. The molecule has 1 aromatic carbocycles. The van der Waals surface area contributed by atoms with Gasteiger partial charge >= 0.3 is 0 Å². The summed E-state index contributed by atoms with van der Waals surface area (Å²) in [6, 6.07) is 8.12. The molecular weight excluding hydrogens is 272 g/mol. The number of nitrogens with one attached hydrogen (secondary N) is 1. The van der Waals surface area contributed by atoms with Gasteiger partial charge < -0.3 is 15.0 Å². The molecule has 0 radical (unpaired) electrons. The van der Waals surface area contributed by atoms with E-state index in [9.17, 15) is 0 Å². The van der Waals surface area contributed by atoms with Crippen molar-refractivity contribution in [1.29, 1.82) is 0 Å². The molecule has 0 atom stereocenters. The van der Waals surface area contributed by atoms with Crippen LogP contribution in [-0.2, 0) is 11.3 Å². The molecule has 1 fully saturated rings. The third-order valence-electron chi connectivity index (χ3n) is 4.09. The lowest BCUT2D eigenvalue weighted by Crippen LogP contribution is -2.46. The van der Waals surface area contributed by atoms with Crippen LogP contribution in [-0.4, -0.2) is 45.3 Å². The van der Waals surface area contributed by atoms with Crippen molar-refractivity contribution in [3.8, 4) is 0 Å². The number of hydrogen-bond acceptors (Lipinski definition) is 3. The Morgan fingerprint density at radius 3 is 2.50 bits per heavy atom. The largest absolute Gasteiger partial charge is 0.384 e. The highest BCUT2D eigenvalue weighted by molar-refractivity contribution is 6.30. The summed E-state index contributed by atoms with van der Waals surface area (Å²) < 4.78 is 5.48. The molecule has 0 unspecified atom stereocenters. The molecule has 112 valence electrons. The van der Waals surface area contributed by atoms with Crippen molar-refractivity contribution in [3.63, 3.8) is 0 Å². The highest BCUT2D eigenvalue weighted by atomic mass is 35.5. The Morgan fingerprint density at radius 2 is 1.90 bits per heavy atom. The summed E-state index contributed by atoms with van der Waals surface area (Å²) in [6.45, 7) is 5.07. The van der Waals surface area contributed by atoms with Gasteiger partial charge in [-0.3, -0.25) is 0 Å².